The van der Waals surface area contributed by atoms with Gasteiger partial charge < -0.3 is 9.72 Å². The van der Waals surface area contributed by atoms with Crippen LogP contribution in [0.15, 0.2) is 53.7 Å². The van der Waals surface area contributed by atoms with Gasteiger partial charge in [-0.25, -0.2) is 4.98 Å². The molecule has 2 aromatic carbocycles. The number of halogens is 1. The molecule has 0 aliphatic rings. The van der Waals surface area contributed by atoms with Gasteiger partial charge in [-0.1, -0.05) is 29.7 Å². The van der Waals surface area contributed by atoms with Gasteiger partial charge in [0.25, 0.3) is 5.91 Å². The minimum atomic E-state index is -0.436. The summed E-state index contributed by atoms with van der Waals surface area (Å²) in [5.41, 5.74) is 2.69. The molecule has 132 valence electrons. The van der Waals surface area contributed by atoms with Crippen LogP contribution in [0.25, 0.3) is 16.4 Å². The number of amides is 1. The number of rotatable bonds is 3. The first-order chi connectivity index (χ1) is 13.1. The number of hydrogen-bond acceptors (Lipinski definition) is 3. The van der Waals surface area contributed by atoms with Crippen LogP contribution in [0.2, 0.25) is 5.02 Å². The Kier molecular flexibility index (Phi) is 4.27. The predicted molar refractivity (Wildman–Crippen MR) is 105 cm³/mol. The lowest BCUT2D eigenvalue weighted by molar-refractivity contribution is 0.0949. The van der Waals surface area contributed by atoms with E-state index in [0.29, 0.717) is 33.6 Å². The van der Waals surface area contributed by atoms with Crippen LogP contribution in [0, 0.1) is 11.8 Å². The molecule has 0 unspecified atom stereocenters. The van der Waals surface area contributed by atoms with E-state index in [1.165, 1.54) is 6.20 Å². The Bertz CT molecular complexity index is 1280. The first kappa shape index (κ1) is 17.1. The maximum atomic E-state index is 12.9. The molecule has 1 N–H and O–H groups in total. The molecule has 2 heterocycles. The highest BCUT2D eigenvalue weighted by atomic mass is 35.5. The molecule has 1 amide bonds. The van der Waals surface area contributed by atoms with Crippen molar-refractivity contribution in [3.8, 4) is 11.8 Å². The molecule has 0 aliphatic carbocycles. The van der Waals surface area contributed by atoms with Gasteiger partial charge in [-0.05, 0) is 36.8 Å². The highest BCUT2D eigenvalue weighted by Gasteiger charge is 2.17. The van der Waals surface area contributed by atoms with Gasteiger partial charge in [-0.15, -0.1) is 5.92 Å². The summed E-state index contributed by atoms with van der Waals surface area (Å²) < 4.78 is 1.70. The van der Waals surface area contributed by atoms with E-state index in [0.717, 1.165) is 5.56 Å². The zero-order valence-corrected chi connectivity index (χ0v) is 15.2. The Hall–Kier alpha value is -3.36. The fourth-order valence-electron chi connectivity index (χ4n) is 3.04. The third-order valence-electron chi connectivity index (χ3n) is 4.31. The summed E-state index contributed by atoms with van der Waals surface area (Å²) >= 11 is 5.87. The second-order valence-electron chi connectivity index (χ2n) is 6.10. The van der Waals surface area contributed by atoms with Gasteiger partial charge >= 0.3 is 0 Å². The van der Waals surface area contributed by atoms with Gasteiger partial charge in [-0.3, -0.25) is 9.59 Å². The van der Waals surface area contributed by atoms with E-state index in [9.17, 15) is 9.59 Å². The average Bonchev–Trinajstić information content (AvgIpc) is 3.07. The number of aromatic nitrogens is 2. The Balaban J connectivity index is 1.73. The molecule has 0 spiro atoms. The average molecular weight is 376 g/mol. The fourth-order valence-corrected chi connectivity index (χ4v) is 3.17. The summed E-state index contributed by atoms with van der Waals surface area (Å²) in [6.07, 6.45) is 3.11. The van der Waals surface area contributed by atoms with E-state index in [4.69, 9.17) is 11.6 Å². The molecule has 0 saturated heterocycles. The maximum Gasteiger partial charge on any atom is 0.257 e. The Morgan fingerprint density at radius 3 is 2.78 bits per heavy atom. The van der Waals surface area contributed by atoms with Crippen LogP contribution >= 0.6 is 11.6 Å². The van der Waals surface area contributed by atoms with E-state index in [-0.39, 0.29) is 11.0 Å². The molecule has 0 fully saturated rings. The number of carbonyl (C=O) groups excluding carboxylic acids is 1. The van der Waals surface area contributed by atoms with Crippen molar-refractivity contribution in [3.63, 3.8) is 0 Å². The van der Waals surface area contributed by atoms with Crippen molar-refractivity contribution in [2.75, 3.05) is 0 Å². The summed E-state index contributed by atoms with van der Waals surface area (Å²) in [7, 11) is 0. The molecule has 0 bridgehead atoms. The van der Waals surface area contributed by atoms with Crippen LogP contribution in [0.4, 0.5) is 0 Å². The van der Waals surface area contributed by atoms with Crippen molar-refractivity contribution < 1.29 is 4.79 Å². The lowest BCUT2D eigenvalue weighted by Crippen LogP contribution is -2.28. The molecular weight excluding hydrogens is 362 g/mol. The van der Waals surface area contributed by atoms with Crippen LogP contribution in [0.1, 0.15) is 28.4 Å². The van der Waals surface area contributed by atoms with E-state index in [2.05, 4.69) is 22.1 Å². The number of carbonyl (C=O) groups is 1. The number of hydrogen-bond donors (Lipinski definition) is 1. The largest absolute Gasteiger partial charge is 0.348 e. The standard InChI is InChI=1S/C21H14ClN3O2/c1-2-3-14-8-16-19-18(9-14)24-12-25(19)11-17(20(16)26)21(27)23-10-13-4-6-15(22)7-5-13/h4-9,11-12H,10H2,1H3,(H,23,27). The normalized spacial score (nSPS) is 10.7. The monoisotopic (exact) mass is 375 g/mol. The Morgan fingerprint density at radius 1 is 1.26 bits per heavy atom. The SMILES string of the molecule is CC#Cc1cc2ncn3cc(C(=O)NCc4ccc(Cl)cc4)c(=O)c(c1)c23. The third kappa shape index (κ3) is 3.12. The molecule has 0 saturated carbocycles. The van der Waals surface area contributed by atoms with Crippen LogP contribution < -0.4 is 10.7 Å². The molecule has 4 aromatic rings. The van der Waals surface area contributed by atoms with Crippen LogP contribution in [-0.2, 0) is 6.54 Å². The van der Waals surface area contributed by atoms with E-state index in [1.54, 1.807) is 35.9 Å². The first-order valence-electron chi connectivity index (χ1n) is 8.29. The lowest BCUT2D eigenvalue weighted by atomic mass is 10.1. The quantitative estimate of drug-likeness (QED) is 0.559. The smallest absolute Gasteiger partial charge is 0.257 e. The van der Waals surface area contributed by atoms with Gasteiger partial charge in [0.15, 0.2) is 0 Å². The number of nitrogens with zero attached hydrogens (tertiary/aromatic N) is 2. The van der Waals surface area contributed by atoms with Crippen molar-refractivity contribution in [1.29, 1.82) is 0 Å². The van der Waals surface area contributed by atoms with Gasteiger partial charge in [0.1, 0.15) is 5.56 Å². The number of imidazole rings is 1. The molecule has 6 heteroatoms. The van der Waals surface area contributed by atoms with E-state index >= 15 is 0 Å². The van der Waals surface area contributed by atoms with Crippen molar-refractivity contribution in [3.05, 3.63) is 80.9 Å². The second kappa shape index (κ2) is 6.75. The van der Waals surface area contributed by atoms with Crippen molar-refractivity contribution in [1.82, 2.24) is 14.7 Å². The fraction of sp³-hybridized carbons (Fsp3) is 0.0952. The third-order valence-corrected chi connectivity index (χ3v) is 4.56. The number of pyridine rings is 1. The highest BCUT2D eigenvalue weighted by Crippen LogP contribution is 2.20. The summed E-state index contributed by atoms with van der Waals surface area (Å²) in [4.78, 5) is 29.9. The van der Waals surface area contributed by atoms with Crippen LogP contribution in [0.5, 0.6) is 0 Å². The zero-order valence-electron chi connectivity index (χ0n) is 14.4. The topological polar surface area (TPSA) is 63.5 Å². The second-order valence-corrected chi connectivity index (χ2v) is 6.54. The molecule has 4 rings (SSSR count). The molecule has 0 aliphatic heterocycles. The summed E-state index contributed by atoms with van der Waals surface area (Å²) in [6, 6.07) is 10.7. The molecule has 27 heavy (non-hydrogen) atoms. The minimum Gasteiger partial charge on any atom is -0.348 e. The molecule has 0 atom stereocenters. The van der Waals surface area contributed by atoms with Gasteiger partial charge in [0.05, 0.1) is 22.7 Å². The molecule has 5 nitrogen and oxygen atoms in total. The molecule has 2 aromatic heterocycles. The maximum absolute atomic E-state index is 12.9. The molecule has 0 radical (unpaired) electrons. The first-order valence-corrected chi connectivity index (χ1v) is 8.67. The lowest BCUT2D eigenvalue weighted by Gasteiger charge is -2.07. The predicted octanol–water partition coefficient (Wildman–Crippen LogP) is 3.24. The van der Waals surface area contributed by atoms with E-state index < -0.39 is 5.91 Å². The van der Waals surface area contributed by atoms with Gasteiger partial charge in [0, 0.05) is 23.3 Å². The van der Waals surface area contributed by atoms with Gasteiger partial charge in [-0.2, -0.15) is 0 Å². The van der Waals surface area contributed by atoms with E-state index in [1.807, 2.05) is 18.2 Å². The zero-order chi connectivity index (χ0) is 19.0. The highest BCUT2D eigenvalue weighted by molar-refractivity contribution is 6.30. The van der Waals surface area contributed by atoms with Gasteiger partial charge in [0.2, 0.25) is 5.43 Å². The number of benzene rings is 2. The summed E-state index contributed by atoms with van der Waals surface area (Å²) in [6.45, 7) is 2.03. The summed E-state index contributed by atoms with van der Waals surface area (Å²) in [5.74, 6) is 5.32. The number of nitrogens with one attached hydrogen (secondary N) is 1. The summed E-state index contributed by atoms with van der Waals surface area (Å²) in [5, 5.41) is 3.84. The van der Waals surface area contributed by atoms with Crippen molar-refractivity contribution >= 4 is 33.9 Å². The Labute approximate surface area is 159 Å². The van der Waals surface area contributed by atoms with Crippen molar-refractivity contribution in [2.24, 2.45) is 0 Å². The van der Waals surface area contributed by atoms with Crippen LogP contribution in [-0.4, -0.2) is 15.3 Å². The van der Waals surface area contributed by atoms with Crippen LogP contribution in [0.3, 0.4) is 0 Å². The Morgan fingerprint density at radius 2 is 2.04 bits per heavy atom. The molecular formula is C21H14ClN3O2. The van der Waals surface area contributed by atoms with Crippen molar-refractivity contribution in [2.45, 2.75) is 13.5 Å². The minimum absolute atomic E-state index is 0.0670.